The molecule has 0 bridgehead atoms. The molecule has 104 valence electrons. The minimum atomic E-state index is -0.0399. The van der Waals surface area contributed by atoms with E-state index in [-0.39, 0.29) is 11.9 Å². The van der Waals surface area contributed by atoms with Crippen molar-refractivity contribution in [3.8, 4) is 5.75 Å². The molecule has 0 aromatic heterocycles. The first-order valence-corrected chi connectivity index (χ1v) is 7.27. The highest BCUT2D eigenvalue weighted by Crippen LogP contribution is 2.31. The molecule has 1 aliphatic rings. The van der Waals surface area contributed by atoms with Crippen molar-refractivity contribution in [3.63, 3.8) is 0 Å². The summed E-state index contributed by atoms with van der Waals surface area (Å²) in [6, 6.07) is 4.14. The van der Waals surface area contributed by atoms with Crippen LogP contribution in [0.2, 0.25) is 0 Å². The van der Waals surface area contributed by atoms with Gasteiger partial charge in [-0.1, -0.05) is 24.6 Å². The van der Waals surface area contributed by atoms with Gasteiger partial charge in [-0.05, 0) is 63.5 Å². The molecule has 1 aromatic rings. The number of rotatable bonds is 2. The number of hydrogen-bond acceptors (Lipinski definition) is 2. The maximum Gasteiger partial charge on any atom is 0.314 e. The molecule has 0 N–H and O–H groups in total. The van der Waals surface area contributed by atoms with Crippen LogP contribution in [0, 0.1) is 32.6 Å². The van der Waals surface area contributed by atoms with Crippen molar-refractivity contribution >= 4 is 5.97 Å². The van der Waals surface area contributed by atoms with Gasteiger partial charge in [-0.25, -0.2) is 0 Å². The van der Waals surface area contributed by atoms with Crippen LogP contribution in [0.5, 0.6) is 5.75 Å². The Bertz CT molecular complexity index is 445. The number of hydrogen-bond donors (Lipinski definition) is 0. The Morgan fingerprint density at radius 1 is 1.05 bits per heavy atom. The van der Waals surface area contributed by atoms with Crippen LogP contribution in [-0.4, -0.2) is 5.97 Å². The Morgan fingerprint density at radius 2 is 1.58 bits per heavy atom. The molecule has 0 radical (unpaired) electrons. The van der Waals surface area contributed by atoms with Crippen molar-refractivity contribution in [1.82, 2.24) is 0 Å². The van der Waals surface area contributed by atoms with Crippen molar-refractivity contribution in [2.45, 2.75) is 53.4 Å². The lowest BCUT2D eigenvalue weighted by Gasteiger charge is -2.25. The predicted octanol–water partition coefficient (Wildman–Crippen LogP) is 4.34. The maximum atomic E-state index is 12.2. The molecule has 2 rings (SSSR count). The topological polar surface area (TPSA) is 26.3 Å². The van der Waals surface area contributed by atoms with E-state index in [1.165, 1.54) is 5.56 Å². The highest BCUT2D eigenvalue weighted by molar-refractivity contribution is 5.76. The van der Waals surface area contributed by atoms with Gasteiger partial charge in [-0.2, -0.15) is 0 Å². The zero-order chi connectivity index (χ0) is 14.0. The molecule has 1 fully saturated rings. The maximum absolute atomic E-state index is 12.2. The fraction of sp³-hybridized carbons (Fsp3) is 0.588. The van der Waals surface area contributed by atoms with Crippen LogP contribution < -0.4 is 4.74 Å². The molecule has 2 heteroatoms. The van der Waals surface area contributed by atoms with Crippen LogP contribution in [0.15, 0.2) is 12.1 Å². The van der Waals surface area contributed by atoms with Crippen LogP contribution in [0.4, 0.5) is 0 Å². The Kier molecular flexibility index (Phi) is 4.28. The number of ether oxygens (including phenoxy) is 1. The Balaban J connectivity index is 2.07. The van der Waals surface area contributed by atoms with Gasteiger partial charge in [0, 0.05) is 0 Å². The second kappa shape index (κ2) is 5.77. The zero-order valence-electron chi connectivity index (χ0n) is 12.5. The van der Waals surface area contributed by atoms with Gasteiger partial charge in [0.1, 0.15) is 5.75 Å². The van der Waals surface area contributed by atoms with Crippen LogP contribution in [-0.2, 0) is 4.79 Å². The molecule has 1 aliphatic carbocycles. The van der Waals surface area contributed by atoms with Gasteiger partial charge in [0.25, 0.3) is 0 Å². The largest absolute Gasteiger partial charge is 0.426 e. The lowest BCUT2D eigenvalue weighted by atomic mass is 9.83. The summed E-state index contributed by atoms with van der Waals surface area (Å²) in [7, 11) is 0. The second-order valence-electron chi connectivity index (χ2n) is 6.11. The van der Waals surface area contributed by atoms with E-state index in [1.807, 2.05) is 13.8 Å². The van der Waals surface area contributed by atoms with E-state index in [0.717, 1.165) is 48.5 Å². The summed E-state index contributed by atoms with van der Waals surface area (Å²) in [6.07, 6.45) is 4.24. The molecule has 0 unspecified atom stereocenters. The average molecular weight is 260 g/mol. The van der Waals surface area contributed by atoms with Crippen LogP contribution in [0.25, 0.3) is 0 Å². The first kappa shape index (κ1) is 14.1. The summed E-state index contributed by atoms with van der Waals surface area (Å²) in [4.78, 5) is 12.2. The van der Waals surface area contributed by atoms with E-state index in [9.17, 15) is 4.79 Å². The molecule has 1 saturated carbocycles. The van der Waals surface area contributed by atoms with Gasteiger partial charge in [-0.3, -0.25) is 4.79 Å². The monoisotopic (exact) mass is 260 g/mol. The molecular weight excluding hydrogens is 236 g/mol. The van der Waals surface area contributed by atoms with Gasteiger partial charge in [0.2, 0.25) is 0 Å². The van der Waals surface area contributed by atoms with Crippen molar-refractivity contribution in [1.29, 1.82) is 0 Å². The third kappa shape index (κ3) is 3.37. The van der Waals surface area contributed by atoms with E-state index in [1.54, 1.807) is 0 Å². The standard InChI is InChI=1S/C17H24O2/c1-11-5-7-15(8-6-11)17(18)19-16-13(3)9-12(2)10-14(16)4/h9-11,15H,5-8H2,1-4H3. The summed E-state index contributed by atoms with van der Waals surface area (Å²) < 4.78 is 5.67. The van der Waals surface area contributed by atoms with E-state index >= 15 is 0 Å². The highest BCUT2D eigenvalue weighted by atomic mass is 16.5. The Hall–Kier alpha value is -1.31. The SMILES string of the molecule is Cc1cc(C)c(OC(=O)C2CCC(C)CC2)c(C)c1. The number of carbonyl (C=O) groups is 1. The van der Waals surface area contributed by atoms with Gasteiger partial charge in [-0.15, -0.1) is 0 Å². The average Bonchev–Trinajstić information content (AvgIpc) is 2.34. The lowest BCUT2D eigenvalue weighted by molar-refractivity contribution is -0.140. The summed E-state index contributed by atoms with van der Waals surface area (Å²) in [5.41, 5.74) is 3.31. The summed E-state index contributed by atoms with van der Waals surface area (Å²) in [5, 5.41) is 0. The molecule has 0 amide bonds. The quantitative estimate of drug-likeness (QED) is 0.584. The Labute approximate surface area is 116 Å². The first-order chi connectivity index (χ1) is 8.97. The molecule has 0 saturated heterocycles. The van der Waals surface area contributed by atoms with E-state index in [4.69, 9.17) is 4.74 Å². The van der Waals surface area contributed by atoms with E-state index in [2.05, 4.69) is 26.0 Å². The zero-order valence-corrected chi connectivity index (χ0v) is 12.5. The van der Waals surface area contributed by atoms with Crippen molar-refractivity contribution in [2.75, 3.05) is 0 Å². The van der Waals surface area contributed by atoms with Gasteiger partial charge in [0.15, 0.2) is 0 Å². The van der Waals surface area contributed by atoms with Crippen LogP contribution in [0.3, 0.4) is 0 Å². The molecule has 19 heavy (non-hydrogen) atoms. The van der Waals surface area contributed by atoms with Crippen LogP contribution in [0.1, 0.15) is 49.3 Å². The molecule has 1 aromatic carbocycles. The molecule has 0 atom stereocenters. The van der Waals surface area contributed by atoms with Crippen molar-refractivity contribution in [2.24, 2.45) is 11.8 Å². The fourth-order valence-corrected chi connectivity index (χ4v) is 3.01. The van der Waals surface area contributed by atoms with Gasteiger partial charge < -0.3 is 4.74 Å². The molecule has 2 nitrogen and oxygen atoms in total. The lowest BCUT2D eigenvalue weighted by Crippen LogP contribution is -2.25. The third-order valence-electron chi connectivity index (χ3n) is 4.16. The Morgan fingerprint density at radius 3 is 2.11 bits per heavy atom. The third-order valence-corrected chi connectivity index (χ3v) is 4.16. The minimum absolute atomic E-state index is 0.0399. The number of esters is 1. The fourth-order valence-electron chi connectivity index (χ4n) is 3.01. The molecule has 0 heterocycles. The number of aryl methyl sites for hydroxylation is 3. The summed E-state index contributed by atoms with van der Waals surface area (Å²) >= 11 is 0. The number of benzene rings is 1. The normalized spacial score (nSPS) is 23.2. The number of carbonyl (C=O) groups excluding carboxylic acids is 1. The summed E-state index contributed by atoms with van der Waals surface area (Å²) in [5.74, 6) is 1.57. The van der Waals surface area contributed by atoms with Gasteiger partial charge >= 0.3 is 5.97 Å². The van der Waals surface area contributed by atoms with E-state index in [0.29, 0.717) is 0 Å². The molecule has 0 spiro atoms. The minimum Gasteiger partial charge on any atom is -0.426 e. The summed E-state index contributed by atoms with van der Waals surface area (Å²) in [6.45, 7) is 8.33. The molecule has 0 aliphatic heterocycles. The second-order valence-corrected chi connectivity index (χ2v) is 6.11. The van der Waals surface area contributed by atoms with Crippen molar-refractivity contribution < 1.29 is 9.53 Å². The smallest absolute Gasteiger partial charge is 0.314 e. The van der Waals surface area contributed by atoms with Crippen molar-refractivity contribution in [3.05, 3.63) is 28.8 Å². The highest BCUT2D eigenvalue weighted by Gasteiger charge is 2.26. The van der Waals surface area contributed by atoms with E-state index < -0.39 is 0 Å². The van der Waals surface area contributed by atoms with Gasteiger partial charge in [0.05, 0.1) is 5.92 Å². The van der Waals surface area contributed by atoms with Crippen LogP contribution >= 0.6 is 0 Å². The molecular formula is C17H24O2. The first-order valence-electron chi connectivity index (χ1n) is 7.27. The predicted molar refractivity (Wildman–Crippen MR) is 77.4 cm³/mol.